The van der Waals surface area contributed by atoms with E-state index in [1.165, 1.54) is 80.2 Å². The van der Waals surface area contributed by atoms with E-state index in [1.54, 1.807) is 0 Å². The number of carbonyl (C=O) groups is 1. The van der Waals surface area contributed by atoms with Gasteiger partial charge in [-0.2, -0.15) is 0 Å². The standard InChI is InChI=1S/C33H49NO2/c1-7-8-11-17-33-18-12-9-10-13-26(33)20-28-25(16-19-33)14-15-30-29(28)21-27(24(4)34-30)31(35)36-22-32(5,6)23(2)3/h14-16,19,23,26,34H,7-13,17-18,20-22H2,1-6H3. The van der Waals surface area contributed by atoms with Gasteiger partial charge in [0, 0.05) is 23.2 Å². The highest BCUT2D eigenvalue weighted by atomic mass is 16.5. The van der Waals surface area contributed by atoms with E-state index < -0.39 is 0 Å². The molecular formula is C33H49NO2. The van der Waals surface area contributed by atoms with Crippen LogP contribution in [0, 0.1) is 22.7 Å². The van der Waals surface area contributed by atoms with Crippen LogP contribution in [0.1, 0.15) is 116 Å². The number of hydrogen-bond acceptors (Lipinski definition) is 3. The Morgan fingerprint density at radius 2 is 1.97 bits per heavy atom. The molecular weight excluding hydrogens is 442 g/mol. The third kappa shape index (κ3) is 5.60. The third-order valence-corrected chi connectivity index (χ3v) is 9.78. The number of carbonyl (C=O) groups excluding carboxylic acids is 1. The molecule has 1 saturated carbocycles. The lowest BCUT2D eigenvalue weighted by molar-refractivity contribution is -0.143. The Kier molecular flexibility index (Phi) is 8.37. The number of benzene rings is 1. The predicted molar refractivity (Wildman–Crippen MR) is 152 cm³/mol. The maximum absolute atomic E-state index is 13.3. The Hall–Kier alpha value is -2.03. The average molecular weight is 492 g/mol. The van der Waals surface area contributed by atoms with Crippen LogP contribution in [-0.4, -0.2) is 12.6 Å². The molecule has 0 saturated heterocycles. The summed E-state index contributed by atoms with van der Waals surface area (Å²) in [7, 11) is 0. The molecule has 0 amide bonds. The van der Waals surface area contributed by atoms with Crippen LogP contribution < -0.4 is 5.32 Å². The summed E-state index contributed by atoms with van der Waals surface area (Å²) in [5.74, 6) is 0.977. The van der Waals surface area contributed by atoms with Crippen molar-refractivity contribution in [1.29, 1.82) is 0 Å². The Morgan fingerprint density at radius 3 is 2.72 bits per heavy atom. The molecule has 1 aromatic carbocycles. The number of ether oxygens (including phenoxy) is 1. The second-order valence-corrected chi connectivity index (χ2v) is 12.8. The summed E-state index contributed by atoms with van der Waals surface area (Å²) >= 11 is 0. The molecule has 3 heteroatoms. The number of rotatable bonds is 8. The lowest BCUT2D eigenvalue weighted by atomic mass is 9.67. The van der Waals surface area contributed by atoms with Gasteiger partial charge in [0.2, 0.25) is 0 Å². The van der Waals surface area contributed by atoms with E-state index in [0.29, 0.717) is 30.3 Å². The number of anilines is 1. The number of fused-ring (bicyclic) bond motifs is 4. The summed E-state index contributed by atoms with van der Waals surface area (Å²) in [5.41, 5.74) is 7.31. The molecule has 0 spiro atoms. The highest BCUT2D eigenvalue weighted by Crippen LogP contribution is 2.50. The van der Waals surface area contributed by atoms with E-state index in [1.807, 2.05) is 6.92 Å². The number of unbranched alkanes of at least 4 members (excludes halogenated alkanes) is 2. The van der Waals surface area contributed by atoms with Gasteiger partial charge < -0.3 is 10.1 Å². The van der Waals surface area contributed by atoms with Gasteiger partial charge in [0.1, 0.15) is 0 Å². The fraction of sp³-hybridized carbons (Fsp3) is 0.667. The van der Waals surface area contributed by atoms with Crippen LogP contribution in [-0.2, 0) is 22.4 Å². The van der Waals surface area contributed by atoms with Crippen molar-refractivity contribution >= 4 is 17.7 Å². The van der Waals surface area contributed by atoms with Crippen LogP contribution in [0.2, 0.25) is 0 Å². The number of hydrogen-bond donors (Lipinski definition) is 1. The fourth-order valence-electron chi connectivity index (χ4n) is 6.40. The first-order valence-corrected chi connectivity index (χ1v) is 14.6. The maximum Gasteiger partial charge on any atom is 0.336 e. The summed E-state index contributed by atoms with van der Waals surface area (Å²) in [6, 6.07) is 4.52. The van der Waals surface area contributed by atoms with Crippen LogP contribution >= 0.6 is 0 Å². The topological polar surface area (TPSA) is 38.3 Å². The molecule has 1 heterocycles. The molecule has 2 unspecified atom stereocenters. The van der Waals surface area contributed by atoms with Gasteiger partial charge in [-0.05, 0) is 72.6 Å². The van der Waals surface area contributed by atoms with Crippen LogP contribution in [0.25, 0.3) is 6.08 Å². The lowest BCUT2D eigenvalue weighted by Gasteiger charge is -2.38. The third-order valence-electron chi connectivity index (χ3n) is 9.78. The molecule has 3 aliphatic rings. The first kappa shape index (κ1) is 27.0. The normalized spacial score (nSPS) is 23.8. The monoisotopic (exact) mass is 491 g/mol. The molecule has 36 heavy (non-hydrogen) atoms. The number of nitrogens with one attached hydrogen (secondary N) is 1. The molecule has 3 nitrogen and oxygen atoms in total. The first-order valence-electron chi connectivity index (χ1n) is 14.6. The Labute approximate surface area is 220 Å². The molecule has 2 atom stereocenters. The van der Waals surface area contributed by atoms with Crippen molar-refractivity contribution in [2.45, 2.75) is 112 Å². The van der Waals surface area contributed by atoms with Crippen molar-refractivity contribution in [1.82, 2.24) is 0 Å². The summed E-state index contributed by atoms with van der Waals surface area (Å²) in [5, 5.41) is 3.57. The number of allylic oxidation sites excluding steroid dienone is 2. The van der Waals surface area contributed by atoms with Crippen LogP contribution in [0.15, 0.2) is 29.5 Å². The summed E-state index contributed by atoms with van der Waals surface area (Å²) in [6.07, 6.45) is 18.8. The molecule has 0 aromatic heterocycles. The molecule has 1 N–H and O–H groups in total. The smallest absolute Gasteiger partial charge is 0.336 e. The molecule has 1 fully saturated rings. The summed E-state index contributed by atoms with van der Waals surface area (Å²) < 4.78 is 5.88. The Balaban J connectivity index is 1.60. The largest absolute Gasteiger partial charge is 0.462 e. The van der Waals surface area contributed by atoms with Gasteiger partial charge in [-0.3, -0.25) is 0 Å². The zero-order valence-corrected chi connectivity index (χ0v) is 23.8. The minimum absolute atomic E-state index is 0.0351. The van der Waals surface area contributed by atoms with Crippen molar-refractivity contribution in [3.63, 3.8) is 0 Å². The van der Waals surface area contributed by atoms with Gasteiger partial charge in [0.25, 0.3) is 0 Å². The van der Waals surface area contributed by atoms with E-state index in [2.05, 4.69) is 64.2 Å². The Bertz CT molecular complexity index is 1010. The minimum Gasteiger partial charge on any atom is -0.462 e. The molecule has 2 aliphatic carbocycles. The summed E-state index contributed by atoms with van der Waals surface area (Å²) in [4.78, 5) is 13.3. The second-order valence-electron chi connectivity index (χ2n) is 12.8. The van der Waals surface area contributed by atoms with Crippen molar-refractivity contribution < 1.29 is 9.53 Å². The van der Waals surface area contributed by atoms with Crippen LogP contribution in [0.4, 0.5) is 5.69 Å². The molecule has 1 aliphatic heterocycles. The van der Waals surface area contributed by atoms with Gasteiger partial charge >= 0.3 is 5.97 Å². The zero-order chi connectivity index (χ0) is 25.9. The van der Waals surface area contributed by atoms with E-state index >= 15 is 0 Å². The average Bonchev–Trinajstić information content (AvgIpc) is 3.12. The SMILES string of the molecule is CCCCCC12C=Cc3ccc4c(c3CC1CCCCC2)CC(C(=O)OCC(C)(C)C(C)C)=C(C)N4. The fourth-order valence-corrected chi connectivity index (χ4v) is 6.40. The molecule has 0 radical (unpaired) electrons. The zero-order valence-electron chi connectivity index (χ0n) is 23.8. The molecule has 1 aromatic rings. The second kappa shape index (κ2) is 11.2. The van der Waals surface area contributed by atoms with Gasteiger partial charge in [0.15, 0.2) is 0 Å². The van der Waals surface area contributed by atoms with Crippen molar-refractivity contribution in [2.24, 2.45) is 22.7 Å². The molecule has 0 bridgehead atoms. The van der Waals surface area contributed by atoms with E-state index in [-0.39, 0.29) is 11.4 Å². The quantitative estimate of drug-likeness (QED) is 0.291. The lowest BCUT2D eigenvalue weighted by Crippen LogP contribution is -2.30. The van der Waals surface area contributed by atoms with Crippen molar-refractivity contribution in [2.75, 3.05) is 11.9 Å². The van der Waals surface area contributed by atoms with Crippen molar-refractivity contribution in [3.05, 3.63) is 46.2 Å². The van der Waals surface area contributed by atoms with Crippen molar-refractivity contribution in [3.8, 4) is 0 Å². The van der Waals surface area contributed by atoms with E-state index in [4.69, 9.17) is 4.74 Å². The van der Waals surface area contributed by atoms with Gasteiger partial charge in [-0.1, -0.05) is 91.4 Å². The van der Waals surface area contributed by atoms with E-state index in [9.17, 15) is 4.79 Å². The minimum atomic E-state index is -0.162. The highest BCUT2D eigenvalue weighted by Gasteiger charge is 2.39. The predicted octanol–water partition coefficient (Wildman–Crippen LogP) is 8.87. The molecule has 198 valence electrons. The highest BCUT2D eigenvalue weighted by molar-refractivity contribution is 5.92. The van der Waals surface area contributed by atoms with Crippen LogP contribution in [0.3, 0.4) is 0 Å². The van der Waals surface area contributed by atoms with Gasteiger partial charge in [-0.25, -0.2) is 4.79 Å². The van der Waals surface area contributed by atoms with Gasteiger partial charge in [-0.15, -0.1) is 0 Å². The first-order chi connectivity index (χ1) is 17.2. The number of esters is 1. The molecule has 4 rings (SSSR count). The van der Waals surface area contributed by atoms with E-state index in [0.717, 1.165) is 17.7 Å². The van der Waals surface area contributed by atoms with Gasteiger partial charge in [0.05, 0.1) is 12.2 Å². The Morgan fingerprint density at radius 1 is 1.17 bits per heavy atom. The summed E-state index contributed by atoms with van der Waals surface area (Å²) in [6.45, 7) is 13.5. The van der Waals surface area contributed by atoms with Crippen LogP contribution in [0.5, 0.6) is 0 Å². The maximum atomic E-state index is 13.3.